The molecule has 0 N–H and O–H groups in total. The minimum atomic E-state index is -0.407. The third-order valence-electron chi connectivity index (χ3n) is 4.39. The van der Waals surface area contributed by atoms with Crippen LogP contribution < -0.4 is 0 Å². The van der Waals surface area contributed by atoms with Gasteiger partial charge in [-0.2, -0.15) is 10.2 Å². The van der Waals surface area contributed by atoms with Crippen molar-refractivity contribution in [2.24, 2.45) is 0 Å². The Morgan fingerprint density at radius 1 is 1.28 bits per heavy atom. The van der Waals surface area contributed by atoms with E-state index >= 15 is 0 Å². The maximum absolute atomic E-state index is 11.9. The number of hydrogen-bond acceptors (Lipinski definition) is 4. The molecule has 0 radical (unpaired) electrons. The predicted molar refractivity (Wildman–Crippen MR) is 94.2 cm³/mol. The van der Waals surface area contributed by atoms with Gasteiger partial charge < -0.3 is 4.74 Å². The minimum absolute atomic E-state index is 0.316. The van der Waals surface area contributed by atoms with Crippen molar-refractivity contribution in [2.75, 3.05) is 6.61 Å². The quantitative estimate of drug-likeness (QED) is 0.654. The second-order valence-electron chi connectivity index (χ2n) is 6.39. The zero-order valence-corrected chi connectivity index (χ0v) is 15.0. The monoisotopic (exact) mass is 358 g/mol. The van der Waals surface area contributed by atoms with E-state index in [0.717, 1.165) is 22.6 Å². The lowest BCUT2D eigenvalue weighted by Gasteiger charge is -2.08. The second-order valence-corrected chi connectivity index (χ2v) is 6.83. The van der Waals surface area contributed by atoms with Gasteiger partial charge in [0.25, 0.3) is 0 Å². The van der Waals surface area contributed by atoms with Gasteiger partial charge in [-0.1, -0.05) is 11.6 Å². The van der Waals surface area contributed by atoms with Crippen LogP contribution in [0.25, 0.3) is 5.52 Å². The van der Waals surface area contributed by atoms with Crippen LogP contribution in [0, 0.1) is 6.92 Å². The van der Waals surface area contributed by atoms with Gasteiger partial charge in [-0.3, -0.25) is 4.68 Å². The molecule has 3 heterocycles. The Labute approximate surface area is 150 Å². The van der Waals surface area contributed by atoms with Crippen molar-refractivity contribution < 1.29 is 9.53 Å². The molecule has 7 heteroatoms. The molecule has 3 aromatic heterocycles. The number of hydrogen-bond donors (Lipinski definition) is 0. The number of carbonyl (C=O) groups excluding carboxylic acids is 1. The number of halogens is 1. The second kappa shape index (κ2) is 6.19. The van der Waals surface area contributed by atoms with Gasteiger partial charge in [0.2, 0.25) is 0 Å². The average molecular weight is 359 g/mol. The van der Waals surface area contributed by atoms with Gasteiger partial charge in [0.15, 0.2) is 5.69 Å². The van der Waals surface area contributed by atoms with Gasteiger partial charge in [-0.25, -0.2) is 9.31 Å². The summed E-state index contributed by atoms with van der Waals surface area (Å²) in [5.41, 5.74) is 4.23. The average Bonchev–Trinajstić information content (AvgIpc) is 3.23. The molecule has 0 saturated heterocycles. The Balaban J connectivity index is 1.69. The molecule has 0 bridgehead atoms. The summed E-state index contributed by atoms with van der Waals surface area (Å²) in [4.78, 5) is 11.9. The molecular formula is C18H19ClN4O2. The number of aryl methyl sites for hydroxylation is 1. The fraction of sp³-hybridized carbons (Fsp3) is 0.389. The molecule has 3 aromatic rings. The number of nitrogens with zero attached hydrogens (tertiary/aromatic N) is 4. The predicted octanol–water partition coefficient (Wildman–Crippen LogP) is 3.60. The molecule has 4 rings (SSSR count). The summed E-state index contributed by atoms with van der Waals surface area (Å²) in [5.74, 6) is 0.170. The first kappa shape index (κ1) is 16.1. The van der Waals surface area contributed by atoms with Crippen LogP contribution in [-0.2, 0) is 11.3 Å². The molecule has 0 aromatic carbocycles. The van der Waals surface area contributed by atoms with Crippen molar-refractivity contribution in [3.05, 3.63) is 52.1 Å². The Hall–Kier alpha value is -2.34. The lowest BCUT2D eigenvalue weighted by molar-refractivity contribution is 0.0518. The van der Waals surface area contributed by atoms with E-state index in [1.165, 1.54) is 12.8 Å². The van der Waals surface area contributed by atoms with Crippen LogP contribution in [0.2, 0.25) is 5.02 Å². The minimum Gasteiger partial charge on any atom is -0.461 e. The van der Waals surface area contributed by atoms with Gasteiger partial charge in [0.1, 0.15) is 0 Å². The summed E-state index contributed by atoms with van der Waals surface area (Å²) in [6.07, 6.45) is 2.40. The highest BCUT2D eigenvalue weighted by Crippen LogP contribution is 2.39. The first-order chi connectivity index (χ1) is 12.0. The van der Waals surface area contributed by atoms with E-state index in [0.29, 0.717) is 29.8 Å². The molecule has 1 fully saturated rings. The number of esters is 1. The summed E-state index contributed by atoms with van der Waals surface area (Å²) in [6, 6.07) is 7.65. The van der Waals surface area contributed by atoms with E-state index in [-0.39, 0.29) is 0 Å². The molecule has 0 unspecified atom stereocenters. The molecular weight excluding hydrogens is 340 g/mol. The zero-order chi connectivity index (χ0) is 17.6. The molecule has 25 heavy (non-hydrogen) atoms. The lowest BCUT2D eigenvalue weighted by Crippen LogP contribution is -2.11. The summed E-state index contributed by atoms with van der Waals surface area (Å²) >= 11 is 6.29. The van der Waals surface area contributed by atoms with E-state index in [1.54, 1.807) is 17.7 Å². The van der Waals surface area contributed by atoms with Crippen molar-refractivity contribution in [1.82, 2.24) is 19.4 Å². The smallest absolute Gasteiger partial charge is 0.358 e. The number of aromatic nitrogens is 4. The van der Waals surface area contributed by atoms with Gasteiger partial charge in [-0.05, 0) is 51.0 Å². The Kier molecular flexibility index (Phi) is 4.00. The fourth-order valence-corrected chi connectivity index (χ4v) is 3.21. The lowest BCUT2D eigenvalue weighted by atomic mass is 10.2. The van der Waals surface area contributed by atoms with Crippen LogP contribution in [0.3, 0.4) is 0 Å². The Morgan fingerprint density at radius 3 is 2.80 bits per heavy atom. The normalized spacial score (nSPS) is 14.2. The molecule has 0 amide bonds. The van der Waals surface area contributed by atoms with Crippen molar-refractivity contribution >= 4 is 23.1 Å². The third kappa shape index (κ3) is 3.14. The molecule has 1 saturated carbocycles. The largest absolute Gasteiger partial charge is 0.461 e. The number of fused-ring (bicyclic) bond motifs is 1. The molecule has 0 aliphatic heterocycles. The third-order valence-corrected chi connectivity index (χ3v) is 4.61. The highest BCUT2D eigenvalue weighted by molar-refractivity contribution is 6.31. The maximum atomic E-state index is 11.9. The van der Waals surface area contributed by atoms with Gasteiger partial charge >= 0.3 is 5.97 Å². The van der Waals surface area contributed by atoms with E-state index in [1.807, 2.05) is 23.6 Å². The van der Waals surface area contributed by atoms with E-state index < -0.39 is 5.97 Å². The molecule has 130 valence electrons. The van der Waals surface area contributed by atoms with Crippen molar-refractivity contribution in [1.29, 1.82) is 0 Å². The summed E-state index contributed by atoms with van der Waals surface area (Å²) < 4.78 is 8.71. The van der Waals surface area contributed by atoms with Crippen molar-refractivity contribution in [3.8, 4) is 0 Å². The maximum Gasteiger partial charge on any atom is 0.358 e. The number of ether oxygens (including phenoxy) is 1. The van der Waals surface area contributed by atoms with Gasteiger partial charge in [0.05, 0.1) is 30.1 Å². The van der Waals surface area contributed by atoms with Crippen LogP contribution in [0.4, 0.5) is 0 Å². The zero-order valence-electron chi connectivity index (χ0n) is 14.2. The summed E-state index contributed by atoms with van der Waals surface area (Å²) in [5, 5.41) is 9.78. The summed E-state index contributed by atoms with van der Waals surface area (Å²) in [6.45, 7) is 4.50. The highest BCUT2D eigenvalue weighted by Gasteiger charge is 2.26. The van der Waals surface area contributed by atoms with E-state index in [4.69, 9.17) is 21.4 Å². The SMILES string of the molecule is CCOC(=O)c1cc(C)n(Cc2cc(Cl)cc3cc(C4CC4)nn23)n1. The molecule has 1 aliphatic rings. The number of pyridine rings is 1. The fourth-order valence-electron chi connectivity index (χ4n) is 2.97. The first-order valence-corrected chi connectivity index (χ1v) is 8.82. The van der Waals surface area contributed by atoms with Crippen LogP contribution in [0.5, 0.6) is 0 Å². The number of carbonyl (C=O) groups is 1. The number of rotatable bonds is 5. The van der Waals surface area contributed by atoms with Crippen LogP contribution in [0.1, 0.15) is 53.3 Å². The standard InChI is InChI=1S/C18H19ClN4O2/c1-3-25-18(24)17-6-11(2)22(20-17)10-15-8-13(19)7-14-9-16(12-4-5-12)21-23(14)15/h6-9,12H,3-5,10H2,1-2H3. The van der Waals surface area contributed by atoms with Gasteiger partial charge in [-0.15, -0.1) is 0 Å². The van der Waals surface area contributed by atoms with Crippen LogP contribution >= 0.6 is 11.6 Å². The van der Waals surface area contributed by atoms with E-state index in [2.05, 4.69) is 11.2 Å². The topological polar surface area (TPSA) is 61.4 Å². The van der Waals surface area contributed by atoms with Crippen LogP contribution in [-0.4, -0.2) is 32.0 Å². The van der Waals surface area contributed by atoms with Gasteiger partial charge in [0, 0.05) is 16.6 Å². The molecule has 6 nitrogen and oxygen atoms in total. The van der Waals surface area contributed by atoms with Crippen LogP contribution in [0.15, 0.2) is 24.3 Å². The molecule has 1 aliphatic carbocycles. The van der Waals surface area contributed by atoms with Crippen molar-refractivity contribution in [2.45, 2.75) is 39.2 Å². The highest BCUT2D eigenvalue weighted by atomic mass is 35.5. The summed E-state index contributed by atoms with van der Waals surface area (Å²) in [7, 11) is 0. The first-order valence-electron chi connectivity index (χ1n) is 8.45. The van der Waals surface area contributed by atoms with Crippen molar-refractivity contribution in [3.63, 3.8) is 0 Å². The van der Waals surface area contributed by atoms with E-state index in [9.17, 15) is 4.79 Å². The Morgan fingerprint density at radius 2 is 2.08 bits per heavy atom. The molecule has 0 spiro atoms. The Bertz CT molecular complexity index is 956. The molecule has 0 atom stereocenters.